The summed E-state index contributed by atoms with van der Waals surface area (Å²) in [5, 5.41) is 10.8. The summed E-state index contributed by atoms with van der Waals surface area (Å²) in [5.74, 6) is 0. The average Bonchev–Trinajstić information content (AvgIpc) is 2.48. The molecule has 0 amide bonds. The van der Waals surface area contributed by atoms with E-state index in [1.807, 2.05) is 12.1 Å². The molecule has 0 aliphatic carbocycles. The number of rotatable bonds is 3. The highest BCUT2D eigenvalue weighted by Crippen LogP contribution is 2.34. The minimum absolute atomic E-state index is 0.0642. The Kier molecular flexibility index (Phi) is 4.01. The van der Waals surface area contributed by atoms with Crippen LogP contribution in [0.15, 0.2) is 42.6 Å². The zero-order valence-electron chi connectivity index (χ0n) is 11.0. The van der Waals surface area contributed by atoms with Crippen molar-refractivity contribution in [3.63, 3.8) is 0 Å². The number of benzene rings is 1. The normalized spacial score (nSPS) is 19.4. The summed E-state index contributed by atoms with van der Waals surface area (Å²) in [6, 6.07) is 11.7. The Labute approximate surface area is 123 Å². The third-order valence-electron chi connectivity index (χ3n) is 3.66. The van der Waals surface area contributed by atoms with Gasteiger partial charge in [-0.25, -0.2) is 4.98 Å². The Morgan fingerprint density at radius 2 is 2.15 bits per heavy atom. The lowest BCUT2D eigenvalue weighted by Gasteiger charge is -2.27. The van der Waals surface area contributed by atoms with Crippen LogP contribution in [0.4, 0.5) is 0 Å². The molecule has 20 heavy (non-hydrogen) atoms. The van der Waals surface area contributed by atoms with Crippen molar-refractivity contribution in [1.29, 1.82) is 0 Å². The first kappa shape index (κ1) is 13.6. The molecule has 0 radical (unpaired) electrons. The number of fused-ring (bicyclic) bond motifs is 1. The van der Waals surface area contributed by atoms with E-state index >= 15 is 0 Å². The standard InChI is InChI=1S/C16H16ClNO2/c17-16-6-5-12(10-18-16)14(19)9-15-13-4-2-1-3-11(13)7-8-20-15/h1-6,10,14-15,19H,7-9H2. The van der Waals surface area contributed by atoms with E-state index in [2.05, 4.69) is 17.1 Å². The molecule has 0 fully saturated rings. The van der Waals surface area contributed by atoms with E-state index in [0.29, 0.717) is 18.2 Å². The summed E-state index contributed by atoms with van der Waals surface area (Å²) in [7, 11) is 0. The summed E-state index contributed by atoms with van der Waals surface area (Å²) in [6.07, 6.45) is 2.41. The molecule has 0 spiro atoms. The van der Waals surface area contributed by atoms with E-state index in [1.165, 1.54) is 11.1 Å². The molecule has 2 atom stereocenters. The lowest BCUT2D eigenvalue weighted by molar-refractivity contribution is 0.00370. The Balaban J connectivity index is 1.77. The first-order valence-electron chi connectivity index (χ1n) is 6.73. The average molecular weight is 290 g/mol. The van der Waals surface area contributed by atoms with Crippen LogP contribution in [0, 0.1) is 0 Å². The first-order valence-corrected chi connectivity index (χ1v) is 7.11. The topological polar surface area (TPSA) is 42.4 Å². The number of hydrogen-bond donors (Lipinski definition) is 1. The number of aromatic nitrogens is 1. The van der Waals surface area contributed by atoms with Gasteiger partial charge in [-0.2, -0.15) is 0 Å². The SMILES string of the molecule is OC(CC1OCCc2ccccc21)c1ccc(Cl)nc1. The Morgan fingerprint density at radius 1 is 1.30 bits per heavy atom. The lowest BCUT2D eigenvalue weighted by atomic mass is 9.93. The van der Waals surface area contributed by atoms with Crippen molar-refractivity contribution in [1.82, 2.24) is 4.98 Å². The fraction of sp³-hybridized carbons (Fsp3) is 0.312. The quantitative estimate of drug-likeness (QED) is 0.880. The van der Waals surface area contributed by atoms with Crippen molar-refractivity contribution >= 4 is 11.6 Å². The minimum Gasteiger partial charge on any atom is -0.388 e. The predicted octanol–water partition coefficient (Wildman–Crippen LogP) is 3.47. The second-order valence-corrected chi connectivity index (χ2v) is 5.36. The molecule has 1 aromatic carbocycles. The molecule has 0 saturated carbocycles. The van der Waals surface area contributed by atoms with Gasteiger partial charge in [0.05, 0.1) is 18.8 Å². The summed E-state index contributed by atoms with van der Waals surface area (Å²) in [5.41, 5.74) is 3.26. The van der Waals surface area contributed by atoms with E-state index in [4.69, 9.17) is 16.3 Å². The molecule has 2 unspecified atom stereocenters. The van der Waals surface area contributed by atoms with Crippen LogP contribution in [-0.4, -0.2) is 16.7 Å². The van der Waals surface area contributed by atoms with Gasteiger partial charge in [0, 0.05) is 12.6 Å². The van der Waals surface area contributed by atoms with Crippen LogP contribution < -0.4 is 0 Å². The zero-order chi connectivity index (χ0) is 13.9. The monoisotopic (exact) mass is 289 g/mol. The van der Waals surface area contributed by atoms with Crippen molar-refractivity contribution < 1.29 is 9.84 Å². The van der Waals surface area contributed by atoms with Crippen molar-refractivity contribution in [2.24, 2.45) is 0 Å². The van der Waals surface area contributed by atoms with Gasteiger partial charge in [0.2, 0.25) is 0 Å². The number of aliphatic hydroxyl groups excluding tert-OH is 1. The van der Waals surface area contributed by atoms with Crippen LogP contribution in [0.1, 0.15) is 35.3 Å². The number of ether oxygens (including phenoxy) is 1. The van der Waals surface area contributed by atoms with Crippen LogP contribution >= 0.6 is 11.6 Å². The first-order chi connectivity index (χ1) is 9.74. The molecule has 1 aromatic heterocycles. The minimum atomic E-state index is -0.601. The molecule has 1 N–H and O–H groups in total. The van der Waals surface area contributed by atoms with Crippen molar-refractivity contribution in [3.8, 4) is 0 Å². The summed E-state index contributed by atoms with van der Waals surface area (Å²) < 4.78 is 5.81. The Bertz CT molecular complexity index is 585. The highest BCUT2D eigenvalue weighted by Gasteiger charge is 2.23. The summed E-state index contributed by atoms with van der Waals surface area (Å²) in [6.45, 7) is 0.702. The maximum absolute atomic E-state index is 10.3. The van der Waals surface area contributed by atoms with Gasteiger partial charge in [-0.05, 0) is 29.2 Å². The molecule has 0 saturated heterocycles. The van der Waals surface area contributed by atoms with E-state index in [1.54, 1.807) is 18.3 Å². The number of halogens is 1. The fourth-order valence-electron chi connectivity index (χ4n) is 2.60. The largest absolute Gasteiger partial charge is 0.388 e. The molecule has 4 heteroatoms. The molecule has 1 aliphatic rings. The van der Waals surface area contributed by atoms with E-state index in [9.17, 15) is 5.11 Å². The second-order valence-electron chi connectivity index (χ2n) is 4.97. The molecule has 3 nitrogen and oxygen atoms in total. The molecule has 2 heterocycles. The van der Waals surface area contributed by atoms with Crippen LogP contribution in [0.5, 0.6) is 0 Å². The molecular formula is C16H16ClNO2. The molecule has 3 rings (SSSR count). The van der Waals surface area contributed by atoms with Crippen molar-refractivity contribution in [2.75, 3.05) is 6.61 Å². The van der Waals surface area contributed by atoms with E-state index in [-0.39, 0.29) is 6.10 Å². The van der Waals surface area contributed by atoms with Crippen LogP contribution in [0.25, 0.3) is 0 Å². The summed E-state index contributed by atoms with van der Waals surface area (Å²) >= 11 is 5.76. The van der Waals surface area contributed by atoms with Crippen molar-refractivity contribution in [2.45, 2.75) is 25.0 Å². The number of hydrogen-bond acceptors (Lipinski definition) is 3. The van der Waals surface area contributed by atoms with Gasteiger partial charge in [-0.15, -0.1) is 0 Å². The van der Waals surface area contributed by atoms with Gasteiger partial charge in [0.1, 0.15) is 5.15 Å². The number of nitrogens with zero attached hydrogens (tertiary/aromatic N) is 1. The van der Waals surface area contributed by atoms with Crippen LogP contribution in [0.3, 0.4) is 0 Å². The van der Waals surface area contributed by atoms with Crippen LogP contribution in [-0.2, 0) is 11.2 Å². The van der Waals surface area contributed by atoms with Crippen LogP contribution in [0.2, 0.25) is 5.15 Å². The van der Waals surface area contributed by atoms with Gasteiger partial charge >= 0.3 is 0 Å². The fourth-order valence-corrected chi connectivity index (χ4v) is 2.71. The van der Waals surface area contributed by atoms with Crippen molar-refractivity contribution in [3.05, 3.63) is 64.4 Å². The van der Waals surface area contributed by atoms with Gasteiger partial charge in [-0.1, -0.05) is 41.9 Å². The van der Waals surface area contributed by atoms with Gasteiger partial charge in [-0.3, -0.25) is 0 Å². The summed E-state index contributed by atoms with van der Waals surface area (Å²) in [4.78, 5) is 4.00. The maximum atomic E-state index is 10.3. The molecular weight excluding hydrogens is 274 g/mol. The third kappa shape index (κ3) is 2.85. The second kappa shape index (κ2) is 5.92. The highest BCUT2D eigenvalue weighted by molar-refractivity contribution is 6.29. The zero-order valence-corrected chi connectivity index (χ0v) is 11.8. The third-order valence-corrected chi connectivity index (χ3v) is 3.89. The van der Waals surface area contributed by atoms with Gasteiger partial charge in [0.25, 0.3) is 0 Å². The van der Waals surface area contributed by atoms with E-state index in [0.717, 1.165) is 12.0 Å². The maximum Gasteiger partial charge on any atom is 0.129 e. The smallest absolute Gasteiger partial charge is 0.129 e. The molecule has 0 bridgehead atoms. The molecule has 2 aromatic rings. The molecule has 104 valence electrons. The number of pyridine rings is 1. The Morgan fingerprint density at radius 3 is 2.95 bits per heavy atom. The number of aliphatic hydroxyl groups is 1. The Hall–Kier alpha value is -1.42. The van der Waals surface area contributed by atoms with Gasteiger partial charge < -0.3 is 9.84 Å². The molecule has 1 aliphatic heterocycles. The predicted molar refractivity (Wildman–Crippen MR) is 77.7 cm³/mol. The van der Waals surface area contributed by atoms with E-state index < -0.39 is 6.10 Å². The lowest BCUT2D eigenvalue weighted by Crippen LogP contribution is -2.18. The highest BCUT2D eigenvalue weighted by atomic mass is 35.5. The van der Waals surface area contributed by atoms with Gasteiger partial charge in [0.15, 0.2) is 0 Å².